The number of hydrogen-bond acceptors (Lipinski definition) is 19. The van der Waals surface area contributed by atoms with Crippen molar-refractivity contribution in [3.8, 4) is 0 Å². The maximum atomic E-state index is 12.9. The summed E-state index contributed by atoms with van der Waals surface area (Å²) in [5.74, 6) is -0.933. The van der Waals surface area contributed by atoms with Gasteiger partial charge in [-0.3, -0.25) is 9.59 Å². The molecule has 6 rings (SSSR count). The van der Waals surface area contributed by atoms with Gasteiger partial charge in [0.15, 0.2) is 22.8 Å². The fraction of sp³-hybridized carbons (Fsp3) is 0.447. The van der Waals surface area contributed by atoms with E-state index in [9.17, 15) is 24.3 Å². The van der Waals surface area contributed by atoms with Gasteiger partial charge in [-0.05, 0) is 57.0 Å². The number of aromatic nitrogens is 7. The van der Waals surface area contributed by atoms with E-state index in [4.69, 9.17) is 45.9 Å². The van der Waals surface area contributed by atoms with Gasteiger partial charge in [0.05, 0.1) is 75.7 Å². The van der Waals surface area contributed by atoms with Crippen LogP contribution in [0.4, 0.5) is 28.1 Å². The number of nitrogen functional groups attached to an aromatic ring is 3. The molecule has 374 valence electrons. The molecule has 0 saturated heterocycles. The molecule has 9 N–H and O–H groups in total. The highest BCUT2D eigenvalue weighted by Gasteiger charge is 2.29. The Hall–Kier alpha value is -7.50. The van der Waals surface area contributed by atoms with Crippen LogP contribution in [0.15, 0.2) is 54.7 Å². The van der Waals surface area contributed by atoms with E-state index in [2.05, 4.69) is 47.0 Å². The van der Waals surface area contributed by atoms with Gasteiger partial charge in [-0.2, -0.15) is 9.97 Å². The van der Waals surface area contributed by atoms with Gasteiger partial charge in [0.1, 0.15) is 29.6 Å². The van der Waals surface area contributed by atoms with Gasteiger partial charge in [0, 0.05) is 43.1 Å². The van der Waals surface area contributed by atoms with E-state index in [0.29, 0.717) is 35.6 Å². The standard InChI is InChI=1S/C47H61N13O10/c1-5-6-11-35-56-37-39(32-9-7-8-10-33(32)54-40(37)48)60(35)28-47(2,3)70-46(65)69-25-24-68-23-22-67-21-20-66-19-18-51-36(61)17-16-34(44(63)64)55-43(62)29-12-14-31(15-13-29)59(4)27-30-26-52-42-38(53-30)41(49)57-45(50)58-42/h7-10,12-15,26,34H,5-6,11,16-25,27-28H2,1-4H3,(H2,48,54)(H,51,61)(H,55,62)(H,63,64)(H4,49,50,52,57,58). The zero-order valence-electron chi connectivity index (χ0n) is 39.8. The van der Waals surface area contributed by atoms with Crippen LogP contribution in [-0.2, 0) is 52.8 Å². The lowest BCUT2D eigenvalue weighted by molar-refractivity contribution is -0.139. The number of aryl methyl sites for hydroxylation is 1. The molecule has 0 bridgehead atoms. The molecule has 6 aromatic rings. The third kappa shape index (κ3) is 14.5. The van der Waals surface area contributed by atoms with Gasteiger partial charge in [-0.25, -0.2) is 29.5 Å². The van der Waals surface area contributed by atoms with Gasteiger partial charge in [0.25, 0.3) is 5.91 Å². The number of anilines is 4. The highest BCUT2D eigenvalue weighted by molar-refractivity contribution is 6.06. The Morgan fingerprint density at radius 3 is 2.24 bits per heavy atom. The minimum absolute atomic E-state index is 0.00394. The molecule has 4 aromatic heterocycles. The van der Waals surface area contributed by atoms with Crippen LogP contribution in [0.1, 0.15) is 68.3 Å². The number of unbranched alkanes of at least 4 members (excludes halogenated alkanes) is 1. The number of nitrogens with two attached hydrogens (primary N) is 3. The van der Waals surface area contributed by atoms with Crippen molar-refractivity contribution in [1.29, 1.82) is 0 Å². The van der Waals surface area contributed by atoms with E-state index in [-0.39, 0.29) is 88.6 Å². The van der Waals surface area contributed by atoms with Crippen LogP contribution < -0.4 is 32.7 Å². The first-order valence-corrected chi connectivity index (χ1v) is 22.9. The monoisotopic (exact) mass is 967 g/mol. The molecule has 2 aromatic carbocycles. The van der Waals surface area contributed by atoms with Crippen molar-refractivity contribution in [2.75, 3.05) is 81.9 Å². The summed E-state index contributed by atoms with van der Waals surface area (Å²) < 4.78 is 29.6. The maximum Gasteiger partial charge on any atom is 0.508 e. The number of nitrogens with zero attached hydrogens (tertiary/aromatic N) is 8. The van der Waals surface area contributed by atoms with Crippen LogP contribution in [0.25, 0.3) is 33.1 Å². The number of carbonyl (C=O) groups is 4. The SMILES string of the molecule is CCCCc1nc2c(N)nc3ccccc3c2n1CC(C)(C)OC(=O)OCCOCCOCCOCCNC(=O)CCC(NC(=O)c1ccc(N(C)Cc2cnc3nc(N)nc(N)c3n2)cc1)C(=O)O. The molecule has 23 heteroatoms. The van der Waals surface area contributed by atoms with Gasteiger partial charge >= 0.3 is 12.1 Å². The number of amides is 2. The Morgan fingerprint density at radius 2 is 1.53 bits per heavy atom. The number of nitrogens with one attached hydrogen (secondary N) is 2. The molecule has 1 atom stereocenters. The number of pyridine rings is 1. The first kappa shape index (κ1) is 51.9. The Morgan fingerprint density at radius 1 is 0.843 bits per heavy atom. The van der Waals surface area contributed by atoms with Crippen molar-refractivity contribution in [2.45, 2.75) is 77.6 Å². The number of benzene rings is 2. The predicted octanol–water partition coefficient (Wildman–Crippen LogP) is 3.80. The van der Waals surface area contributed by atoms with Crippen molar-refractivity contribution < 1.29 is 48.0 Å². The minimum atomic E-state index is -1.29. The summed E-state index contributed by atoms with van der Waals surface area (Å²) in [6, 6.07) is 13.0. The molecule has 0 saturated carbocycles. The van der Waals surface area contributed by atoms with Crippen LogP contribution in [0.5, 0.6) is 0 Å². The van der Waals surface area contributed by atoms with Crippen molar-refractivity contribution in [3.63, 3.8) is 0 Å². The summed E-state index contributed by atoms with van der Waals surface area (Å²) in [5, 5.41) is 15.8. The zero-order valence-corrected chi connectivity index (χ0v) is 39.8. The fourth-order valence-corrected chi connectivity index (χ4v) is 7.38. The largest absolute Gasteiger partial charge is 0.508 e. The summed E-state index contributed by atoms with van der Waals surface area (Å²) in [6.45, 7) is 8.04. The Balaban J connectivity index is 0.794. The van der Waals surface area contributed by atoms with E-state index in [0.717, 1.165) is 47.2 Å². The molecular formula is C47H61N13O10. The molecule has 0 aliphatic carbocycles. The lowest BCUT2D eigenvalue weighted by Gasteiger charge is -2.26. The number of carboxylic acids is 1. The summed E-state index contributed by atoms with van der Waals surface area (Å²) >= 11 is 0. The van der Waals surface area contributed by atoms with E-state index < -0.39 is 35.6 Å². The second kappa shape index (κ2) is 24.7. The smallest absolute Gasteiger partial charge is 0.480 e. The normalized spacial score (nSPS) is 12.0. The van der Waals surface area contributed by atoms with Crippen molar-refractivity contribution >= 4 is 80.3 Å². The summed E-state index contributed by atoms with van der Waals surface area (Å²) in [6.07, 6.45) is 3.15. The molecule has 0 aliphatic heterocycles. The number of rotatable bonds is 27. The lowest BCUT2D eigenvalue weighted by atomic mass is 10.1. The molecule has 0 aliphatic rings. The van der Waals surface area contributed by atoms with Gasteiger partial charge < -0.3 is 66.1 Å². The average Bonchev–Trinajstić information content (AvgIpc) is 3.68. The lowest BCUT2D eigenvalue weighted by Crippen LogP contribution is -2.41. The Labute approximate surface area is 403 Å². The van der Waals surface area contributed by atoms with E-state index in [1.54, 1.807) is 30.5 Å². The van der Waals surface area contributed by atoms with E-state index in [1.165, 1.54) is 0 Å². The van der Waals surface area contributed by atoms with Crippen LogP contribution in [-0.4, -0.2) is 135 Å². The van der Waals surface area contributed by atoms with Crippen LogP contribution in [0.2, 0.25) is 0 Å². The average molecular weight is 968 g/mol. The van der Waals surface area contributed by atoms with Crippen molar-refractivity contribution in [3.05, 3.63) is 71.8 Å². The molecule has 0 fully saturated rings. The highest BCUT2D eigenvalue weighted by atomic mass is 16.7. The number of fused-ring (bicyclic) bond motifs is 4. The number of carboxylic acid groups (broad SMARTS) is 1. The van der Waals surface area contributed by atoms with E-state index in [1.807, 2.05) is 50.1 Å². The Bertz CT molecular complexity index is 2750. The number of ether oxygens (including phenoxy) is 5. The van der Waals surface area contributed by atoms with Crippen LogP contribution >= 0.6 is 0 Å². The molecular weight excluding hydrogens is 907 g/mol. The third-order valence-electron chi connectivity index (χ3n) is 10.8. The highest BCUT2D eigenvalue weighted by Crippen LogP contribution is 2.31. The van der Waals surface area contributed by atoms with Gasteiger partial charge in [-0.1, -0.05) is 31.5 Å². The molecule has 0 radical (unpaired) electrons. The first-order valence-electron chi connectivity index (χ1n) is 22.9. The number of aliphatic carboxylic acids is 1. The molecule has 2 amide bonds. The Kier molecular flexibility index (Phi) is 18.3. The molecule has 0 spiro atoms. The van der Waals surface area contributed by atoms with Crippen LogP contribution in [0.3, 0.4) is 0 Å². The maximum absolute atomic E-state index is 12.9. The molecule has 70 heavy (non-hydrogen) atoms. The predicted molar refractivity (Wildman–Crippen MR) is 261 cm³/mol. The molecule has 1 unspecified atom stereocenters. The number of para-hydroxylation sites is 1. The second-order valence-electron chi connectivity index (χ2n) is 16.9. The summed E-state index contributed by atoms with van der Waals surface area (Å²) in [4.78, 5) is 78.0. The van der Waals surface area contributed by atoms with Crippen LogP contribution in [0, 0.1) is 0 Å². The number of imidazole rings is 1. The summed E-state index contributed by atoms with van der Waals surface area (Å²) in [5.41, 5.74) is 21.4. The summed E-state index contributed by atoms with van der Waals surface area (Å²) in [7, 11) is 1.83. The second-order valence-corrected chi connectivity index (χ2v) is 16.9. The first-order chi connectivity index (χ1) is 33.6. The van der Waals surface area contributed by atoms with Gasteiger partial charge in [-0.15, -0.1) is 0 Å². The topological polar surface area (TPSA) is 322 Å². The van der Waals surface area contributed by atoms with Gasteiger partial charge in [0.2, 0.25) is 11.9 Å². The number of carbonyl (C=O) groups excluding carboxylic acids is 3. The number of hydrogen-bond donors (Lipinski definition) is 6. The third-order valence-corrected chi connectivity index (χ3v) is 10.8. The zero-order chi connectivity index (χ0) is 50.2. The van der Waals surface area contributed by atoms with E-state index >= 15 is 0 Å². The molecule has 4 heterocycles. The fourth-order valence-electron chi connectivity index (χ4n) is 7.38. The quantitative estimate of drug-likeness (QED) is 0.0316. The minimum Gasteiger partial charge on any atom is -0.480 e. The molecule has 23 nitrogen and oxygen atoms in total. The van der Waals surface area contributed by atoms with Crippen molar-refractivity contribution in [1.82, 2.24) is 45.1 Å². The van der Waals surface area contributed by atoms with Crippen molar-refractivity contribution in [2.24, 2.45) is 0 Å².